The fourth-order valence-corrected chi connectivity index (χ4v) is 1.05. The normalized spacial score (nSPS) is 15.1. The minimum Gasteiger partial charge on any atom is -0.370 e. The van der Waals surface area contributed by atoms with Crippen molar-refractivity contribution >= 4 is 12.6 Å². The van der Waals surface area contributed by atoms with E-state index in [2.05, 4.69) is 27.6 Å². The first-order valence-electron chi connectivity index (χ1n) is 4.61. The molecule has 0 fully saturated rings. The third kappa shape index (κ3) is 4.02. The molecule has 14 heavy (non-hydrogen) atoms. The fraction of sp³-hybridized carbons (Fsp3) is 0.667. The summed E-state index contributed by atoms with van der Waals surface area (Å²) in [5, 5.41) is 0.362. The lowest BCUT2D eigenvalue weighted by Crippen LogP contribution is -2.08. The van der Waals surface area contributed by atoms with E-state index in [0.29, 0.717) is 17.7 Å². The summed E-state index contributed by atoms with van der Waals surface area (Å²) in [4.78, 5) is 11.8. The van der Waals surface area contributed by atoms with Gasteiger partial charge in [-0.3, -0.25) is 0 Å². The van der Waals surface area contributed by atoms with Crippen molar-refractivity contribution in [3.8, 4) is 0 Å². The van der Waals surface area contributed by atoms with Gasteiger partial charge in [0.05, 0.1) is 0 Å². The van der Waals surface area contributed by atoms with Crippen LogP contribution in [0.5, 0.6) is 0 Å². The second-order valence-corrected chi connectivity index (χ2v) is 4.03. The van der Waals surface area contributed by atoms with E-state index in [4.69, 9.17) is 4.74 Å². The highest BCUT2D eigenvalue weighted by Crippen LogP contribution is 2.11. The van der Waals surface area contributed by atoms with Gasteiger partial charge in [-0.25, -0.2) is 15.0 Å². The zero-order valence-corrected chi connectivity index (χ0v) is 9.32. The molecule has 0 aliphatic rings. The van der Waals surface area contributed by atoms with Gasteiger partial charge in [-0.05, 0) is 13.3 Å². The number of aromatic nitrogens is 3. The van der Waals surface area contributed by atoms with Gasteiger partial charge in [0, 0.05) is 11.9 Å². The van der Waals surface area contributed by atoms with Crippen molar-refractivity contribution < 1.29 is 4.74 Å². The van der Waals surface area contributed by atoms with Crippen LogP contribution in [-0.2, 0) is 4.74 Å². The number of rotatable bonds is 5. The van der Waals surface area contributed by atoms with Crippen LogP contribution in [0.4, 0.5) is 0 Å². The van der Waals surface area contributed by atoms with E-state index in [9.17, 15) is 0 Å². The summed E-state index contributed by atoms with van der Waals surface area (Å²) < 4.78 is 5.54. The Bertz CT molecular complexity index is 255. The lowest BCUT2D eigenvalue weighted by atomic mass is 10.3. The lowest BCUT2D eigenvalue weighted by molar-refractivity contribution is 0.0583. The SMILES string of the molecule is CC(S)CCOC(C)c1ncncn1. The predicted octanol–water partition coefficient (Wildman–Crippen LogP) is 1.66. The zero-order chi connectivity index (χ0) is 10.4. The first-order valence-corrected chi connectivity index (χ1v) is 5.13. The topological polar surface area (TPSA) is 47.9 Å². The highest BCUT2D eigenvalue weighted by Gasteiger charge is 2.08. The van der Waals surface area contributed by atoms with Crippen molar-refractivity contribution in [1.29, 1.82) is 0 Å². The van der Waals surface area contributed by atoms with E-state index < -0.39 is 0 Å². The lowest BCUT2D eigenvalue weighted by Gasteiger charge is -2.11. The van der Waals surface area contributed by atoms with Gasteiger partial charge in [-0.1, -0.05) is 6.92 Å². The number of hydrogen-bond donors (Lipinski definition) is 1. The van der Waals surface area contributed by atoms with Crippen molar-refractivity contribution in [3.05, 3.63) is 18.5 Å². The van der Waals surface area contributed by atoms with Crippen LogP contribution in [0.1, 0.15) is 32.2 Å². The zero-order valence-electron chi connectivity index (χ0n) is 8.42. The molecule has 0 aromatic carbocycles. The second kappa shape index (κ2) is 5.93. The third-order valence-corrected chi connectivity index (χ3v) is 2.04. The molecule has 0 radical (unpaired) electrons. The maximum Gasteiger partial charge on any atom is 0.160 e. The van der Waals surface area contributed by atoms with Gasteiger partial charge in [-0.2, -0.15) is 12.6 Å². The quantitative estimate of drug-likeness (QED) is 0.756. The molecule has 1 rings (SSSR count). The van der Waals surface area contributed by atoms with E-state index in [1.165, 1.54) is 12.7 Å². The Kier molecular flexibility index (Phi) is 4.82. The van der Waals surface area contributed by atoms with Crippen molar-refractivity contribution in [2.45, 2.75) is 31.6 Å². The molecule has 2 unspecified atom stereocenters. The Balaban J connectivity index is 2.32. The molecule has 0 aliphatic heterocycles. The van der Waals surface area contributed by atoms with Crippen molar-refractivity contribution in [1.82, 2.24) is 15.0 Å². The molecule has 4 nitrogen and oxygen atoms in total. The van der Waals surface area contributed by atoms with Crippen LogP contribution in [0.15, 0.2) is 12.7 Å². The Labute approximate surface area is 89.5 Å². The standard InChI is InChI=1S/C9H15N3OS/c1-7(14)3-4-13-8(2)9-11-5-10-6-12-9/h5-8,14H,3-4H2,1-2H3. The summed E-state index contributed by atoms with van der Waals surface area (Å²) in [5.74, 6) is 0.673. The molecule has 0 amide bonds. The summed E-state index contributed by atoms with van der Waals surface area (Å²) in [6.45, 7) is 4.65. The minimum absolute atomic E-state index is 0.0786. The molecular weight excluding hydrogens is 198 g/mol. The molecule has 78 valence electrons. The van der Waals surface area contributed by atoms with E-state index in [1.807, 2.05) is 13.8 Å². The largest absolute Gasteiger partial charge is 0.370 e. The van der Waals surface area contributed by atoms with Crippen LogP contribution >= 0.6 is 12.6 Å². The van der Waals surface area contributed by atoms with Crippen LogP contribution in [0.3, 0.4) is 0 Å². The Morgan fingerprint density at radius 3 is 2.57 bits per heavy atom. The summed E-state index contributed by atoms with van der Waals surface area (Å²) in [6, 6.07) is 0. The van der Waals surface area contributed by atoms with E-state index >= 15 is 0 Å². The molecular formula is C9H15N3OS. The Hall–Kier alpha value is -0.680. The summed E-state index contributed by atoms with van der Waals surface area (Å²) >= 11 is 4.27. The van der Waals surface area contributed by atoms with Gasteiger partial charge >= 0.3 is 0 Å². The molecule has 0 bridgehead atoms. The molecule has 2 atom stereocenters. The van der Waals surface area contributed by atoms with E-state index in [1.54, 1.807) is 0 Å². The maximum absolute atomic E-state index is 5.54. The van der Waals surface area contributed by atoms with Gasteiger partial charge in [0.2, 0.25) is 0 Å². The van der Waals surface area contributed by atoms with Gasteiger partial charge in [0.25, 0.3) is 0 Å². The minimum atomic E-state index is -0.0786. The molecule has 0 aliphatic carbocycles. The van der Waals surface area contributed by atoms with E-state index in [-0.39, 0.29) is 6.10 Å². The second-order valence-electron chi connectivity index (χ2n) is 3.15. The van der Waals surface area contributed by atoms with Gasteiger partial charge < -0.3 is 4.74 Å². The van der Waals surface area contributed by atoms with Gasteiger partial charge in [0.15, 0.2) is 5.82 Å². The summed E-state index contributed by atoms with van der Waals surface area (Å²) in [5.41, 5.74) is 0. The number of ether oxygens (including phenoxy) is 1. The number of nitrogens with zero attached hydrogens (tertiary/aromatic N) is 3. The molecule has 1 aromatic heterocycles. The third-order valence-electron chi connectivity index (χ3n) is 1.78. The molecule has 1 aromatic rings. The van der Waals surface area contributed by atoms with Crippen molar-refractivity contribution in [2.24, 2.45) is 0 Å². The smallest absolute Gasteiger partial charge is 0.160 e. The number of thiol groups is 1. The molecule has 0 saturated carbocycles. The van der Waals surface area contributed by atoms with Crippen LogP contribution in [-0.4, -0.2) is 26.8 Å². The van der Waals surface area contributed by atoms with Gasteiger partial charge in [-0.15, -0.1) is 0 Å². The average Bonchev–Trinajstić information content (AvgIpc) is 2.18. The molecule has 0 spiro atoms. The highest BCUT2D eigenvalue weighted by atomic mass is 32.1. The average molecular weight is 213 g/mol. The van der Waals surface area contributed by atoms with Crippen LogP contribution in [0.25, 0.3) is 0 Å². The summed E-state index contributed by atoms with van der Waals surface area (Å²) in [7, 11) is 0. The van der Waals surface area contributed by atoms with Crippen LogP contribution in [0, 0.1) is 0 Å². The van der Waals surface area contributed by atoms with Crippen LogP contribution < -0.4 is 0 Å². The van der Waals surface area contributed by atoms with E-state index in [0.717, 1.165) is 6.42 Å². The molecule has 5 heteroatoms. The monoisotopic (exact) mass is 213 g/mol. The maximum atomic E-state index is 5.54. The van der Waals surface area contributed by atoms with Crippen molar-refractivity contribution in [3.63, 3.8) is 0 Å². The molecule has 0 saturated heterocycles. The fourth-order valence-electron chi connectivity index (χ4n) is 0.948. The first-order chi connectivity index (χ1) is 6.70. The molecule has 1 heterocycles. The van der Waals surface area contributed by atoms with Crippen molar-refractivity contribution in [2.75, 3.05) is 6.61 Å². The van der Waals surface area contributed by atoms with Crippen LogP contribution in [0.2, 0.25) is 0 Å². The predicted molar refractivity (Wildman–Crippen MR) is 57.3 cm³/mol. The van der Waals surface area contributed by atoms with Gasteiger partial charge in [0.1, 0.15) is 18.8 Å². The Morgan fingerprint density at radius 1 is 1.36 bits per heavy atom. The Morgan fingerprint density at radius 2 is 2.00 bits per heavy atom. The summed E-state index contributed by atoms with van der Waals surface area (Å²) in [6.07, 6.45) is 3.80. The first kappa shape index (κ1) is 11.4. The highest BCUT2D eigenvalue weighted by molar-refractivity contribution is 7.80. The number of hydrogen-bond acceptors (Lipinski definition) is 5. The molecule has 0 N–H and O–H groups in total.